The van der Waals surface area contributed by atoms with Crippen LogP contribution >= 0.6 is 0 Å². The number of fused-ring (bicyclic) bond motifs is 21. The molecule has 0 saturated heterocycles. The zero-order valence-corrected chi connectivity index (χ0v) is 77.9. The summed E-state index contributed by atoms with van der Waals surface area (Å²) >= 11 is 0. The van der Waals surface area contributed by atoms with Gasteiger partial charge in [0.1, 0.15) is 12.0 Å². The van der Waals surface area contributed by atoms with E-state index in [4.69, 9.17) is 9.98 Å². The summed E-state index contributed by atoms with van der Waals surface area (Å²) in [7, 11) is 0. The number of allylic oxidation sites excluding steroid dienone is 4. The molecular weight excluding hydrogens is 1720 g/mol. The van der Waals surface area contributed by atoms with Crippen molar-refractivity contribution in [1.29, 1.82) is 0 Å². The number of amidine groups is 2. The van der Waals surface area contributed by atoms with E-state index < -0.39 is 0 Å². The molecule has 6 nitrogen and oxygen atoms in total. The second-order valence-electron chi connectivity index (χ2n) is 38.3. The fourth-order valence-corrected chi connectivity index (χ4v) is 23.2. The lowest BCUT2D eigenvalue weighted by Gasteiger charge is -2.25. The van der Waals surface area contributed by atoms with Crippen molar-refractivity contribution in [2.45, 2.75) is 19.0 Å². The Morgan fingerprint density at radius 3 is 0.979 bits per heavy atom. The number of hydrogen-bond donors (Lipinski definition) is 1. The van der Waals surface area contributed by atoms with Crippen molar-refractivity contribution in [2.24, 2.45) is 15.9 Å². The number of aliphatic imine (C=N–C) groups is 2. The lowest BCUT2D eigenvalue weighted by Crippen LogP contribution is -2.33. The summed E-state index contributed by atoms with van der Waals surface area (Å²) in [6.45, 7) is 2.38. The predicted octanol–water partition coefficient (Wildman–Crippen LogP) is 35.6. The maximum atomic E-state index is 5.47. The largest absolute Gasteiger partial charge is 0.344 e. The van der Waals surface area contributed by atoms with E-state index >= 15 is 0 Å². The van der Waals surface area contributed by atoms with Gasteiger partial charge in [-0.25, -0.2) is 9.98 Å². The van der Waals surface area contributed by atoms with E-state index in [1.807, 2.05) is 0 Å². The number of para-hydroxylation sites is 4. The quantitative estimate of drug-likeness (QED) is 0.102. The molecule has 1 aliphatic carbocycles. The van der Waals surface area contributed by atoms with E-state index in [-0.39, 0.29) is 18.0 Å². The summed E-state index contributed by atoms with van der Waals surface area (Å²) in [5, 5.41) is 26.4. The van der Waals surface area contributed by atoms with Crippen LogP contribution in [0.1, 0.15) is 41.3 Å². The van der Waals surface area contributed by atoms with E-state index in [0.29, 0.717) is 5.84 Å². The zero-order valence-electron chi connectivity index (χ0n) is 77.9. The zero-order chi connectivity index (χ0) is 93.6. The average molecular weight is 1810 g/mol. The van der Waals surface area contributed by atoms with Crippen LogP contribution in [0.3, 0.4) is 0 Å². The third kappa shape index (κ3) is 13.9. The second kappa shape index (κ2) is 33.5. The lowest BCUT2D eigenvalue weighted by atomic mass is 9.82. The Labute approximate surface area is 821 Å². The van der Waals surface area contributed by atoms with Gasteiger partial charge in [-0.2, -0.15) is 0 Å². The standard InChI is InChI=1S/C136H90N6/c1-85-71-107(141-130-54-21-18-51-122(130)127-84-108(64-70-133(127)141)142-129-53-20-17-50-121(129)126-83-100(62-69-132(126)142)99-61-68-131-125(82-99)120-49-16-19-52-128(120)140(131)106-39-6-3-7-40-106)63-67-109(85)87-57-55-86(56-58-87)103-77-104(79-105(78-103)96-36-24-32-92(74-96)98-60-66-119-115-46-11-9-42-111(115)113-44-13-15-48-117(113)124(119)81-98)95-35-23-30-90(73-95)94-34-26-38-102(76-94)136-138-134(88-27-4-2-5-28-88)137-135(139-136)101-37-25-33-93(75-101)89-29-22-31-91(72-89)97-59-65-118-114-45-10-8-41-110(114)112-43-12-14-47-116(112)123(118)80-97/h2-85,109,134H,1H3,(H,137,138,139). The molecule has 4 heterocycles. The number of aromatic nitrogens is 3. The molecule has 664 valence electrons. The maximum absolute atomic E-state index is 5.47. The van der Waals surface area contributed by atoms with Crippen LogP contribution in [0, 0.1) is 5.92 Å². The minimum Gasteiger partial charge on any atom is -0.344 e. The number of hydrogen-bond acceptors (Lipinski definition) is 3. The van der Waals surface area contributed by atoms with Crippen molar-refractivity contribution in [1.82, 2.24) is 19.0 Å². The van der Waals surface area contributed by atoms with Gasteiger partial charge in [0.15, 0.2) is 5.84 Å². The molecule has 26 aromatic rings. The van der Waals surface area contributed by atoms with Gasteiger partial charge in [-0.3, -0.25) is 0 Å². The highest BCUT2D eigenvalue weighted by atomic mass is 15.2. The molecule has 3 atom stereocenters. The molecule has 3 unspecified atom stereocenters. The Morgan fingerprint density at radius 1 is 0.204 bits per heavy atom. The summed E-state index contributed by atoms with van der Waals surface area (Å²) in [6, 6.07) is 180. The SMILES string of the molecule is CC1C=C(n2c3ccccc3c3cc(-n4c5ccccc5c5cc(-c6ccc7c(c6)c6ccccc6n7-c6ccccc6)ccc54)ccc32)C=CC1c1ccc(-c2cc(-c3cccc(-c4cccc(C5=NC(c6cccc(-c7cccc(-c8ccc9c%10ccccc%10c%10ccccc%10c9c8)c7)c6)=NC(c6ccccc6)N5)c4)c3)cc(-c3cccc(-c4ccc5c6ccccc6c6ccccc6c5c4)c3)c2)cc1. The van der Waals surface area contributed by atoms with Gasteiger partial charge in [0.05, 0.1) is 33.1 Å². The topological polar surface area (TPSA) is 51.5 Å². The van der Waals surface area contributed by atoms with Crippen LogP contribution in [0.2, 0.25) is 0 Å². The van der Waals surface area contributed by atoms with Crippen LogP contribution in [-0.2, 0) is 0 Å². The molecule has 0 fully saturated rings. The van der Waals surface area contributed by atoms with Gasteiger partial charge in [0, 0.05) is 66.4 Å². The highest BCUT2D eigenvalue weighted by molar-refractivity contribution is 6.28. The van der Waals surface area contributed by atoms with Gasteiger partial charge >= 0.3 is 0 Å². The molecule has 23 aromatic carbocycles. The molecule has 2 aliphatic rings. The third-order valence-electron chi connectivity index (χ3n) is 30.1. The van der Waals surface area contributed by atoms with Crippen molar-refractivity contribution in [3.63, 3.8) is 0 Å². The molecule has 0 spiro atoms. The Hall–Kier alpha value is -18.4. The van der Waals surface area contributed by atoms with E-state index in [2.05, 4.69) is 529 Å². The number of rotatable bonds is 15. The van der Waals surface area contributed by atoms with Crippen molar-refractivity contribution in [2.75, 3.05) is 0 Å². The van der Waals surface area contributed by atoms with Gasteiger partial charge in [-0.1, -0.05) is 371 Å². The highest BCUT2D eigenvalue weighted by Crippen LogP contribution is 2.48. The van der Waals surface area contributed by atoms with Crippen LogP contribution in [-0.4, -0.2) is 25.4 Å². The number of nitrogens with one attached hydrogen (secondary N) is 1. The fourth-order valence-electron chi connectivity index (χ4n) is 23.2. The molecular formula is C136H90N6. The summed E-state index contributed by atoms with van der Waals surface area (Å²) in [5.41, 5.74) is 33.1. The first-order valence-corrected chi connectivity index (χ1v) is 49.3. The summed E-state index contributed by atoms with van der Waals surface area (Å²) < 4.78 is 7.34. The van der Waals surface area contributed by atoms with E-state index in [0.717, 1.165) is 101 Å². The van der Waals surface area contributed by atoms with Crippen molar-refractivity contribution >= 4 is 147 Å². The summed E-state index contributed by atoms with van der Waals surface area (Å²) in [4.78, 5) is 10.9. The fraction of sp³-hybridized carbons (Fsp3) is 0.0294. The van der Waals surface area contributed by atoms with Gasteiger partial charge in [-0.05, 0) is 310 Å². The van der Waals surface area contributed by atoms with Crippen molar-refractivity contribution in [3.05, 3.63) is 526 Å². The van der Waals surface area contributed by atoms with Gasteiger partial charge in [-0.15, -0.1) is 0 Å². The number of benzene rings is 23. The molecule has 28 rings (SSSR count). The molecule has 6 heteroatoms. The smallest absolute Gasteiger partial charge is 0.159 e. The average Bonchev–Trinajstić information content (AvgIpc) is 1.61. The molecule has 1 aliphatic heterocycles. The molecule has 0 saturated carbocycles. The van der Waals surface area contributed by atoms with Crippen LogP contribution < -0.4 is 5.32 Å². The lowest BCUT2D eigenvalue weighted by molar-refractivity contribution is 0.635. The van der Waals surface area contributed by atoms with Gasteiger partial charge < -0.3 is 19.0 Å². The van der Waals surface area contributed by atoms with Crippen LogP contribution in [0.25, 0.3) is 236 Å². The van der Waals surface area contributed by atoms with Gasteiger partial charge in [0.2, 0.25) is 0 Å². The minimum atomic E-state index is -0.390. The normalized spacial score (nSPS) is 14.5. The molecule has 3 aromatic heterocycles. The van der Waals surface area contributed by atoms with Gasteiger partial charge in [0.25, 0.3) is 0 Å². The highest BCUT2D eigenvalue weighted by Gasteiger charge is 2.28. The predicted molar refractivity (Wildman–Crippen MR) is 600 cm³/mol. The second-order valence-corrected chi connectivity index (χ2v) is 38.3. The van der Waals surface area contributed by atoms with E-state index in [1.54, 1.807) is 0 Å². The van der Waals surface area contributed by atoms with Crippen LogP contribution in [0.4, 0.5) is 0 Å². The molecule has 0 bridgehead atoms. The Kier molecular flexibility index (Phi) is 19.3. The summed E-state index contributed by atoms with van der Waals surface area (Å²) in [5.74, 6) is 1.75. The monoisotopic (exact) mass is 1810 g/mol. The first kappa shape index (κ1) is 81.9. The molecule has 0 amide bonds. The first-order chi connectivity index (χ1) is 70.3. The molecule has 0 radical (unpaired) electrons. The van der Waals surface area contributed by atoms with Crippen LogP contribution in [0.5, 0.6) is 0 Å². The number of nitrogens with zero attached hydrogens (tertiary/aromatic N) is 5. The third-order valence-corrected chi connectivity index (χ3v) is 30.1. The molecule has 1 N–H and O–H groups in total. The van der Waals surface area contributed by atoms with E-state index in [9.17, 15) is 0 Å². The van der Waals surface area contributed by atoms with Crippen molar-refractivity contribution < 1.29 is 0 Å². The molecule has 142 heavy (non-hydrogen) atoms. The Balaban J connectivity index is 0.494. The summed E-state index contributed by atoms with van der Waals surface area (Å²) in [6.07, 6.45) is 6.90. The van der Waals surface area contributed by atoms with Crippen LogP contribution in [0.15, 0.2) is 514 Å². The van der Waals surface area contributed by atoms with E-state index in [1.165, 1.54) is 164 Å². The van der Waals surface area contributed by atoms with Crippen molar-refractivity contribution in [3.8, 4) is 100 Å². The Bertz CT molecular complexity index is 9800. The first-order valence-electron chi connectivity index (χ1n) is 49.3. The minimum absolute atomic E-state index is 0.149. The maximum Gasteiger partial charge on any atom is 0.159 e. The Morgan fingerprint density at radius 2 is 0.514 bits per heavy atom.